The zero-order valence-corrected chi connectivity index (χ0v) is 21.0. The van der Waals surface area contributed by atoms with E-state index in [1.54, 1.807) is 0 Å². The molecule has 0 spiro atoms. The van der Waals surface area contributed by atoms with Gasteiger partial charge in [0.15, 0.2) is 11.6 Å². The first-order valence-corrected chi connectivity index (χ1v) is 13.1. The van der Waals surface area contributed by atoms with Crippen LogP contribution in [0.1, 0.15) is 85.9 Å². The number of carbonyl (C=O) groups excluding carboxylic acids is 2. The molecule has 2 aromatic carbocycles. The molecule has 180 valence electrons. The Bertz CT molecular complexity index is 1060. The number of Topliss-reactive ketones (excluding diaryl/α,β-unsaturated/α-hetero) is 2. The first-order valence-electron chi connectivity index (χ1n) is 10.9. The van der Waals surface area contributed by atoms with Crippen molar-refractivity contribution in [1.82, 2.24) is 0 Å². The predicted molar refractivity (Wildman–Crippen MR) is 129 cm³/mol. The Morgan fingerprint density at radius 3 is 1.42 bits per heavy atom. The molecule has 0 atom stereocenters. The van der Waals surface area contributed by atoms with Crippen LogP contribution in [-0.4, -0.2) is 30.2 Å². The molecule has 0 saturated carbocycles. The van der Waals surface area contributed by atoms with Gasteiger partial charge in [-0.15, -0.1) is 0 Å². The van der Waals surface area contributed by atoms with E-state index in [9.17, 15) is 28.2 Å². The molecule has 33 heavy (non-hydrogen) atoms. The van der Waals surface area contributed by atoms with Crippen LogP contribution in [0.15, 0.2) is 34.1 Å². The van der Waals surface area contributed by atoms with Gasteiger partial charge in [-0.05, 0) is 25.0 Å². The maximum absolute atomic E-state index is 13.3. The normalized spacial score (nSPS) is 11.5. The van der Waals surface area contributed by atoms with Gasteiger partial charge in [-0.3, -0.25) is 9.59 Å². The molecule has 0 radical (unpaired) electrons. The van der Waals surface area contributed by atoms with Gasteiger partial charge < -0.3 is 10.2 Å². The summed E-state index contributed by atoms with van der Waals surface area (Å²) in [6.45, 7) is 3.98. The minimum atomic E-state index is -4.52. The number of phenols is 2. The van der Waals surface area contributed by atoms with Gasteiger partial charge in [0.25, 0.3) is 0 Å². The third-order valence-electron chi connectivity index (χ3n) is 5.29. The molecule has 9 heteroatoms. The summed E-state index contributed by atoms with van der Waals surface area (Å²) in [6.07, 6.45) is 5.09. The number of benzene rings is 2. The molecular weight excluding hydrogens is 487 g/mol. The van der Waals surface area contributed by atoms with Gasteiger partial charge in [0.2, 0.25) is 9.84 Å². The molecule has 0 aliphatic rings. The lowest BCUT2D eigenvalue weighted by molar-refractivity contribution is 0.0971. The summed E-state index contributed by atoms with van der Waals surface area (Å²) in [7, 11) is -4.52. The fourth-order valence-corrected chi connectivity index (χ4v) is 5.38. The molecule has 2 aromatic rings. The van der Waals surface area contributed by atoms with Crippen LogP contribution in [-0.2, 0) is 9.84 Å². The van der Waals surface area contributed by atoms with Crippen molar-refractivity contribution in [2.24, 2.45) is 0 Å². The Morgan fingerprint density at radius 2 is 1.09 bits per heavy atom. The summed E-state index contributed by atoms with van der Waals surface area (Å²) in [5.74, 6) is -2.04. The molecule has 6 nitrogen and oxygen atoms in total. The minimum Gasteiger partial charge on any atom is -0.507 e. The minimum absolute atomic E-state index is 0.0338. The van der Waals surface area contributed by atoms with Gasteiger partial charge in [0.05, 0.1) is 10.0 Å². The van der Waals surface area contributed by atoms with Crippen LogP contribution < -0.4 is 0 Å². The van der Waals surface area contributed by atoms with Crippen molar-refractivity contribution in [2.45, 2.75) is 75.0 Å². The third-order valence-corrected chi connectivity index (χ3v) is 7.73. The Hall–Kier alpha value is -2.09. The number of carbonyl (C=O) groups is 2. The van der Waals surface area contributed by atoms with Gasteiger partial charge in [-0.25, -0.2) is 8.42 Å². The standard InChI is InChI=1S/C24H28Cl2O6S/c1-3-5-7-9-19(27)15-11-23(21(29)13-17(15)25)33(31,32)24-12-16(18(26)14-22(24)30)20(28)10-8-6-4-2/h11-14,29-30H,3-10H2,1-2H3. The number of aromatic hydroxyl groups is 2. The van der Waals surface area contributed by atoms with Crippen LogP contribution in [0, 0.1) is 0 Å². The molecule has 0 fully saturated rings. The van der Waals surface area contributed by atoms with Crippen LogP contribution in [0.2, 0.25) is 10.0 Å². The fourth-order valence-electron chi connectivity index (χ4n) is 3.40. The number of halogens is 2. The second kappa shape index (κ2) is 11.9. The molecule has 0 amide bonds. The zero-order valence-electron chi connectivity index (χ0n) is 18.7. The lowest BCUT2D eigenvalue weighted by Gasteiger charge is -2.13. The Morgan fingerprint density at radius 1 is 0.727 bits per heavy atom. The summed E-state index contributed by atoms with van der Waals surface area (Å²) in [6, 6.07) is 4.01. The van der Waals surface area contributed by atoms with E-state index < -0.39 is 31.1 Å². The second-order valence-corrected chi connectivity index (χ2v) is 10.6. The van der Waals surface area contributed by atoms with Crippen LogP contribution >= 0.6 is 23.2 Å². The van der Waals surface area contributed by atoms with Gasteiger partial charge in [0.1, 0.15) is 21.3 Å². The third kappa shape index (κ3) is 6.49. The average molecular weight is 515 g/mol. The number of hydrogen-bond donors (Lipinski definition) is 2. The van der Waals surface area contributed by atoms with Crippen molar-refractivity contribution in [2.75, 3.05) is 0 Å². The SMILES string of the molecule is CCCCCC(=O)c1cc(S(=O)(=O)c2cc(C(=O)CCCCC)c(Cl)cc2O)c(O)cc1Cl. The van der Waals surface area contributed by atoms with Gasteiger partial charge in [-0.1, -0.05) is 62.7 Å². The second-order valence-electron chi connectivity index (χ2n) is 7.86. The Labute approximate surface area is 204 Å². The average Bonchev–Trinajstić information content (AvgIpc) is 2.73. The molecule has 0 aromatic heterocycles. The predicted octanol–water partition coefficient (Wildman–Crippen LogP) is 6.76. The first-order chi connectivity index (χ1) is 15.5. The van der Waals surface area contributed by atoms with Crippen molar-refractivity contribution in [3.05, 3.63) is 45.4 Å². The molecule has 2 rings (SSSR count). The molecule has 0 saturated heterocycles. The number of sulfone groups is 1. The largest absolute Gasteiger partial charge is 0.507 e. The zero-order chi connectivity index (χ0) is 24.8. The van der Waals surface area contributed by atoms with Crippen LogP contribution in [0.5, 0.6) is 11.5 Å². The fraction of sp³-hybridized carbons (Fsp3) is 0.417. The molecule has 2 N–H and O–H groups in total. The molecule has 0 unspecified atom stereocenters. The monoisotopic (exact) mass is 514 g/mol. The first kappa shape index (κ1) is 27.2. The summed E-state index contributed by atoms with van der Waals surface area (Å²) in [5.41, 5.74) is -0.0677. The lowest BCUT2D eigenvalue weighted by atomic mass is 10.0. The molecular formula is C24H28Cl2O6S. The van der Waals surface area contributed by atoms with Crippen molar-refractivity contribution in [3.63, 3.8) is 0 Å². The molecule has 0 heterocycles. The highest BCUT2D eigenvalue weighted by Gasteiger charge is 2.29. The van der Waals surface area contributed by atoms with E-state index in [0.29, 0.717) is 12.8 Å². The number of ketones is 2. The van der Waals surface area contributed by atoms with E-state index >= 15 is 0 Å². The van der Waals surface area contributed by atoms with E-state index in [2.05, 4.69) is 0 Å². The number of phenolic OH excluding ortho intramolecular Hbond substituents is 2. The lowest BCUT2D eigenvalue weighted by Crippen LogP contribution is -2.09. The van der Waals surface area contributed by atoms with Crippen molar-refractivity contribution >= 4 is 44.6 Å². The van der Waals surface area contributed by atoms with Crippen molar-refractivity contribution < 1.29 is 28.2 Å². The quantitative estimate of drug-likeness (QED) is 0.239. The van der Waals surface area contributed by atoms with E-state index in [1.807, 2.05) is 13.8 Å². The Balaban J connectivity index is 2.53. The van der Waals surface area contributed by atoms with Gasteiger partial charge in [0, 0.05) is 36.1 Å². The van der Waals surface area contributed by atoms with Crippen LogP contribution in [0.25, 0.3) is 0 Å². The molecule has 0 aliphatic carbocycles. The summed E-state index contributed by atoms with van der Waals surface area (Å²) < 4.78 is 26.7. The number of rotatable bonds is 12. The summed E-state index contributed by atoms with van der Waals surface area (Å²) in [4.78, 5) is 24.0. The van der Waals surface area contributed by atoms with E-state index in [-0.39, 0.29) is 45.6 Å². The number of unbranched alkanes of at least 4 members (excludes halogenated alkanes) is 4. The van der Waals surface area contributed by atoms with Gasteiger partial charge >= 0.3 is 0 Å². The number of hydrogen-bond acceptors (Lipinski definition) is 6. The van der Waals surface area contributed by atoms with Crippen LogP contribution in [0.4, 0.5) is 0 Å². The molecule has 0 aliphatic heterocycles. The van der Waals surface area contributed by atoms with Gasteiger partial charge in [-0.2, -0.15) is 0 Å². The Kier molecular flexibility index (Phi) is 9.76. The molecule has 0 bridgehead atoms. The van der Waals surface area contributed by atoms with Crippen molar-refractivity contribution in [1.29, 1.82) is 0 Å². The maximum atomic E-state index is 13.3. The van der Waals surface area contributed by atoms with E-state index in [1.165, 1.54) is 0 Å². The van der Waals surface area contributed by atoms with E-state index in [4.69, 9.17) is 23.2 Å². The topological polar surface area (TPSA) is 109 Å². The highest BCUT2D eigenvalue weighted by Crippen LogP contribution is 2.39. The highest BCUT2D eigenvalue weighted by atomic mass is 35.5. The van der Waals surface area contributed by atoms with E-state index in [0.717, 1.165) is 49.9 Å². The summed E-state index contributed by atoms with van der Waals surface area (Å²) in [5, 5.41) is 20.5. The summed E-state index contributed by atoms with van der Waals surface area (Å²) >= 11 is 12.2. The van der Waals surface area contributed by atoms with Crippen LogP contribution in [0.3, 0.4) is 0 Å². The van der Waals surface area contributed by atoms with Crippen molar-refractivity contribution in [3.8, 4) is 11.5 Å². The smallest absolute Gasteiger partial charge is 0.213 e. The highest BCUT2D eigenvalue weighted by molar-refractivity contribution is 7.91. The maximum Gasteiger partial charge on any atom is 0.213 e.